The number of pyridine rings is 1. The molecule has 3 atom stereocenters. The van der Waals surface area contributed by atoms with E-state index in [1.807, 2.05) is 38.1 Å². The van der Waals surface area contributed by atoms with Crippen molar-refractivity contribution in [1.82, 2.24) is 15.2 Å². The smallest absolute Gasteiger partial charge is 0.219 e. The van der Waals surface area contributed by atoms with Gasteiger partial charge in [0, 0.05) is 43.7 Å². The lowest BCUT2D eigenvalue weighted by Gasteiger charge is -2.55. The molecule has 1 fully saturated rings. The highest BCUT2D eigenvalue weighted by Crippen LogP contribution is 2.41. The van der Waals surface area contributed by atoms with Crippen molar-refractivity contribution in [3.05, 3.63) is 71.6 Å². The van der Waals surface area contributed by atoms with Crippen molar-refractivity contribution in [1.29, 1.82) is 0 Å². The summed E-state index contributed by atoms with van der Waals surface area (Å²) in [4.78, 5) is 18.5. The minimum Gasteiger partial charge on any atom is -0.395 e. The Morgan fingerprint density at radius 2 is 2.00 bits per heavy atom. The van der Waals surface area contributed by atoms with Crippen LogP contribution in [0.25, 0.3) is 6.08 Å². The lowest BCUT2D eigenvalue weighted by molar-refractivity contribution is -0.122. The van der Waals surface area contributed by atoms with E-state index in [-0.39, 0.29) is 30.5 Å². The molecule has 148 valence electrons. The van der Waals surface area contributed by atoms with E-state index < -0.39 is 0 Å². The lowest BCUT2D eigenvalue weighted by atomic mass is 9.74. The molecule has 0 radical (unpaired) electrons. The molecule has 1 saturated heterocycles. The van der Waals surface area contributed by atoms with Crippen molar-refractivity contribution in [2.45, 2.75) is 44.8 Å². The first-order chi connectivity index (χ1) is 13.7. The highest BCUT2D eigenvalue weighted by Gasteiger charge is 2.48. The van der Waals surface area contributed by atoms with E-state index in [1.54, 1.807) is 6.20 Å². The highest BCUT2D eigenvalue weighted by molar-refractivity contribution is 5.75. The Kier molecular flexibility index (Phi) is 6.95. The molecule has 0 aliphatic carbocycles. The minimum absolute atomic E-state index is 0.0121. The lowest BCUT2D eigenvalue weighted by Crippen LogP contribution is -2.66. The van der Waals surface area contributed by atoms with E-state index >= 15 is 0 Å². The van der Waals surface area contributed by atoms with Gasteiger partial charge in [-0.15, -0.1) is 0 Å². The maximum Gasteiger partial charge on any atom is 0.219 e. The number of benzene rings is 1. The Morgan fingerprint density at radius 1 is 1.21 bits per heavy atom. The molecule has 2 aromatic rings. The zero-order valence-corrected chi connectivity index (χ0v) is 16.6. The standard InChI is InChI=1S/C23H29N3O2/c1-3-7-17-9-11-18(12-10-17)23-20(14-25-22(28)4-2)26(21(23)16-27)15-19-8-5-6-13-24-19/h3,5-13,20-21,23,27H,4,14-16H2,1-2H3,(H,25,28)/t20-,21-,23-/m0/s1. The van der Waals surface area contributed by atoms with Crippen LogP contribution in [0.2, 0.25) is 0 Å². The number of amides is 1. The topological polar surface area (TPSA) is 65.5 Å². The number of aliphatic hydroxyl groups excluding tert-OH is 1. The van der Waals surface area contributed by atoms with Gasteiger partial charge < -0.3 is 10.4 Å². The monoisotopic (exact) mass is 379 g/mol. The molecule has 1 aromatic heterocycles. The average molecular weight is 380 g/mol. The number of aromatic nitrogens is 1. The zero-order chi connectivity index (χ0) is 19.9. The summed E-state index contributed by atoms with van der Waals surface area (Å²) in [6.07, 6.45) is 6.35. The van der Waals surface area contributed by atoms with Crippen LogP contribution < -0.4 is 5.32 Å². The number of rotatable bonds is 8. The van der Waals surface area contributed by atoms with Gasteiger partial charge in [0.05, 0.1) is 12.3 Å². The van der Waals surface area contributed by atoms with Gasteiger partial charge in [0.25, 0.3) is 0 Å². The van der Waals surface area contributed by atoms with Crippen molar-refractivity contribution >= 4 is 12.0 Å². The number of carbonyl (C=O) groups is 1. The third-order valence-corrected chi connectivity index (χ3v) is 5.45. The van der Waals surface area contributed by atoms with Gasteiger partial charge in [-0.3, -0.25) is 14.7 Å². The second kappa shape index (κ2) is 9.62. The van der Waals surface area contributed by atoms with Gasteiger partial charge in [-0.05, 0) is 30.2 Å². The van der Waals surface area contributed by atoms with Crippen LogP contribution in [0.1, 0.15) is 43.0 Å². The second-order valence-corrected chi connectivity index (χ2v) is 7.16. The molecule has 2 N–H and O–H groups in total. The van der Waals surface area contributed by atoms with Gasteiger partial charge in [-0.25, -0.2) is 0 Å². The van der Waals surface area contributed by atoms with Crippen molar-refractivity contribution in [2.75, 3.05) is 13.2 Å². The van der Waals surface area contributed by atoms with Gasteiger partial charge in [0.1, 0.15) is 0 Å². The third kappa shape index (κ3) is 4.49. The highest BCUT2D eigenvalue weighted by atomic mass is 16.3. The van der Waals surface area contributed by atoms with Crippen LogP contribution in [0.5, 0.6) is 0 Å². The van der Waals surface area contributed by atoms with E-state index in [4.69, 9.17) is 0 Å². The molecule has 0 unspecified atom stereocenters. The first kappa shape index (κ1) is 20.2. The van der Waals surface area contributed by atoms with Crippen LogP contribution in [-0.2, 0) is 11.3 Å². The second-order valence-electron chi connectivity index (χ2n) is 7.16. The fourth-order valence-electron chi connectivity index (χ4n) is 4.00. The molecule has 2 heterocycles. The van der Waals surface area contributed by atoms with Gasteiger partial charge in [0.15, 0.2) is 0 Å². The van der Waals surface area contributed by atoms with Gasteiger partial charge in [-0.1, -0.05) is 49.4 Å². The quantitative estimate of drug-likeness (QED) is 0.740. The van der Waals surface area contributed by atoms with Crippen LogP contribution in [0.4, 0.5) is 0 Å². The molecule has 0 bridgehead atoms. The Balaban J connectivity index is 1.82. The summed E-state index contributed by atoms with van der Waals surface area (Å²) in [5.41, 5.74) is 3.32. The SMILES string of the molecule is CC=Cc1ccc([C@@H]2[C@H](CO)N(Cc3ccccn3)[C@H]2CNC(=O)CC)cc1. The van der Waals surface area contributed by atoms with E-state index in [0.717, 1.165) is 11.3 Å². The molecule has 3 rings (SSSR count). The number of allylic oxidation sites excluding steroid dienone is 1. The van der Waals surface area contributed by atoms with Crippen molar-refractivity contribution in [3.63, 3.8) is 0 Å². The molecule has 1 aromatic carbocycles. The van der Waals surface area contributed by atoms with E-state index in [2.05, 4.69) is 45.5 Å². The first-order valence-electron chi connectivity index (χ1n) is 9.93. The van der Waals surface area contributed by atoms with Gasteiger partial charge >= 0.3 is 0 Å². The third-order valence-electron chi connectivity index (χ3n) is 5.45. The summed E-state index contributed by atoms with van der Waals surface area (Å²) in [7, 11) is 0. The number of hydrogen-bond acceptors (Lipinski definition) is 4. The van der Waals surface area contributed by atoms with Crippen molar-refractivity contribution in [2.24, 2.45) is 0 Å². The van der Waals surface area contributed by atoms with E-state index in [1.165, 1.54) is 5.56 Å². The number of hydrogen-bond donors (Lipinski definition) is 2. The Labute approximate surface area is 167 Å². The van der Waals surface area contributed by atoms with Crippen LogP contribution in [-0.4, -0.2) is 46.1 Å². The fraction of sp³-hybridized carbons (Fsp3) is 0.391. The summed E-state index contributed by atoms with van der Waals surface area (Å²) >= 11 is 0. The Morgan fingerprint density at radius 3 is 2.61 bits per heavy atom. The molecule has 1 amide bonds. The molecular formula is C23H29N3O2. The number of carbonyl (C=O) groups excluding carboxylic acids is 1. The number of nitrogens with zero attached hydrogens (tertiary/aromatic N) is 2. The largest absolute Gasteiger partial charge is 0.395 e. The maximum atomic E-state index is 11.8. The molecular weight excluding hydrogens is 350 g/mol. The van der Waals surface area contributed by atoms with Crippen LogP contribution in [0.3, 0.4) is 0 Å². The summed E-state index contributed by atoms with van der Waals surface area (Å²) in [5, 5.41) is 13.1. The molecule has 5 heteroatoms. The first-order valence-corrected chi connectivity index (χ1v) is 9.93. The number of aliphatic hydroxyl groups is 1. The fourth-order valence-corrected chi connectivity index (χ4v) is 4.00. The summed E-state index contributed by atoms with van der Waals surface area (Å²) in [6.45, 7) is 5.16. The predicted octanol–water partition coefficient (Wildman–Crippen LogP) is 2.97. The number of nitrogens with one attached hydrogen (secondary N) is 1. The van der Waals surface area contributed by atoms with Gasteiger partial charge in [-0.2, -0.15) is 0 Å². The van der Waals surface area contributed by atoms with Crippen LogP contribution >= 0.6 is 0 Å². The number of likely N-dealkylation sites (tertiary alicyclic amines) is 1. The average Bonchev–Trinajstić information content (AvgIpc) is 2.72. The Hall–Kier alpha value is -2.50. The molecule has 0 saturated carbocycles. The molecule has 1 aliphatic rings. The molecule has 28 heavy (non-hydrogen) atoms. The molecule has 1 aliphatic heterocycles. The van der Waals surface area contributed by atoms with Crippen molar-refractivity contribution in [3.8, 4) is 0 Å². The van der Waals surface area contributed by atoms with E-state index in [0.29, 0.717) is 19.5 Å². The predicted molar refractivity (Wildman–Crippen MR) is 112 cm³/mol. The van der Waals surface area contributed by atoms with Crippen molar-refractivity contribution < 1.29 is 9.90 Å². The van der Waals surface area contributed by atoms with Crippen LogP contribution in [0, 0.1) is 0 Å². The maximum absolute atomic E-state index is 11.8. The summed E-state index contributed by atoms with van der Waals surface area (Å²) in [5.74, 6) is 0.220. The van der Waals surface area contributed by atoms with Crippen LogP contribution in [0.15, 0.2) is 54.7 Å². The Bertz CT molecular complexity index is 789. The molecule has 5 nitrogen and oxygen atoms in total. The normalized spacial score (nSPS) is 22.2. The minimum atomic E-state index is 0.0121. The summed E-state index contributed by atoms with van der Waals surface area (Å²) < 4.78 is 0. The molecule has 0 spiro atoms. The zero-order valence-electron chi connectivity index (χ0n) is 16.6. The van der Waals surface area contributed by atoms with E-state index in [9.17, 15) is 9.90 Å². The summed E-state index contributed by atoms with van der Waals surface area (Å²) in [6, 6.07) is 14.5. The van der Waals surface area contributed by atoms with Gasteiger partial charge in [0.2, 0.25) is 5.91 Å².